The molecule has 0 radical (unpaired) electrons. The summed E-state index contributed by atoms with van der Waals surface area (Å²) in [5, 5.41) is 8.81. The van der Waals surface area contributed by atoms with E-state index >= 15 is 0 Å². The van der Waals surface area contributed by atoms with Crippen molar-refractivity contribution in [2.24, 2.45) is 5.92 Å². The lowest BCUT2D eigenvalue weighted by Gasteiger charge is -2.20. The van der Waals surface area contributed by atoms with Crippen LogP contribution in [-0.4, -0.2) is 29.6 Å². The Hall–Kier alpha value is -1.08. The molecule has 0 aliphatic carbocycles. The van der Waals surface area contributed by atoms with E-state index in [-0.39, 0.29) is 13.1 Å². The van der Waals surface area contributed by atoms with E-state index in [0.717, 1.165) is 12.1 Å². The molecule has 1 aromatic carbocycles. The third-order valence-corrected chi connectivity index (χ3v) is 3.20. The fraction of sp³-hybridized carbons (Fsp3) is 0.462. The maximum absolute atomic E-state index is 12.7. The average Bonchev–Trinajstić information content (AvgIpc) is 2.26. The first-order chi connectivity index (χ1) is 9.09. The van der Waals surface area contributed by atoms with Crippen molar-refractivity contribution in [3.05, 3.63) is 33.8 Å². The molecular formula is C13H15BrF3NO2. The standard InChI is InChI=1S/C13H15BrF3NO2/c1-8(12(19)20)6-18(2)7-9-3-10(13(15,16)17)5-11(14)4-9/h3-5,8H,6-7H2,1-2H3,(H,19,20). The number of carbonyl (C=O) groups is 1. The molecule has 0 aromatic heterocycles. The number of carboxylic acid groups (broad SMARTS) is 1. The summed E-state index contributed by atoms with van der Waals surface area (Å²) >= 11 is 3.06. The molecule has 0 saturated carbocycles. The summed E-state index contributed by atoms with van der Waals surface area (Å²) in [6.07, 6.45) is -4.40. The van der Waals surface area contributed by atoms with E-state index in [4.69, 9.17) is 5.11 Å². The summed E-state index contributed by atoms with van der Waals surface area (Å²) in [5.41, 5.74) is -0.242. The van der Waals surface area contributed by atoms with Gasteiger partial charge in [-0.2, -0.15) is 13.2 Å². The lowest BCUT2D eigenvalue weighted by Crippen LogP contribution is -2.28. The fourth-order valence-corrected chi connectivity index (χ4v) is 2.37. The number of benzene rings is 1. The van der Waals surface area contributed by atoms with Gasteiger partial charge in [0.25, 0.3) is 0 Å². The molecular weight excluding hydrogens is 339 g/mol. The molecule has 20 heavy (non-hydrogen) atoms. The van der Waals surface area contributed by atoms with Gasteiger partial charge in [-0.05, 0) is 30.8 Å². The monoisotopic (exact) mass is 353 g/mol. The van der Waals surface area contributed by atoms with Gasteiger partial charge in [0, 0.05) is 17.6 Å². The van der Waals surface area contributed by atoms with Gasteiger partial charge in [0.1, 0.15) is 0 Å². The first-order valence-corrected chi connectivity index (χ1v) is 6.67. The topological polar surface area (TPSA) is 40.5 Å². The van der Waals surface area contributed by atoms with Crippen molar-refractivity contribution in [1.82, 2.24) is 4.90 Å². The van der Waals surface area contributed by atoms with E-state index < -0.39 is 23.6 Å². The van der Waals surface area contributed by atoms with E-state index in [2.05, 4.69) is 15.9 Å². The largest absolute Gasteiger partial charge is 0.481 e. The van der Waals surface area contributed by atoms with Crippen LogP contribution in [-0.2, 0) is 17.5 Å². The summed E-state index contributed by atoms with van der Waals surface area (Å²) in [4.78, 5) is 12.4. The molecule has 0 aliphatic heterocycles. The van der Waals surface area contributed by atoms with Crippen LogP contribution in [0.5, 0.6) is 0 Å². The summed E-state index contributed by atoms with van der Waals surface area (Å²) in [7, 11) is 1.67. The molecule has 1 unspecified atom stereocenters. The molecule has 0 bridgehead atoms. The van der Waals surface area contributed by atoms with Crippen LogP contribution in [0, 0.1) is 5.92 Å². The van der Waals surface area contributed by atoms with E-state index in [1.165, 1.54) is 0 Å². The van der Waals surface area contributed by atoms with Gasteiger partial charge in [-0.3, -0.25) is 4.79 Å². The van der Waals surface area contributed by atoms with Crippen molar-refractivity contribution >= 4 is 21.9 Å². The summed E-state index contributed by atoms with van der Waals surface area (Å²) in [5.74, 6) is -1.50. The van der Waals surface area contributed by atoms with Gasteiger partial charge in [0.05, 0.1) is 11.5 Å². The number of hydrogen-bond donors (Lipinski definition) is 1. The van der Waals surface area contributed by atoms with Crippen LogP contribution in [0.2, 0.25) is 0 Å². The third-order valence-electron chi connectivity index (χ3n) is 2.74. The first kappa shape index (κ1) is 17.0. The number of rotatable bonds is 5. The minimum absolute atomic E-state index is 0.250. The highest BCUT2D eigenvalue weighted by molar-refractivity contribution is 9.10. The van der Waals surface area contributed by atoms with Crippen LogP contribution in [0.25, 0.3) is 0 Å². The molecule has 112 valence electrons. The zero-order valence-corrected chi connectivity index (χ0v) is 12.6. The number of hydrogen-bond acceptors (Lipinski definition) is 2. The normalized spacial score (nSPS) is 13.6. The van der Waals surface area contributed by atoms with Crippen molar-refractivity contribution < 1.29 is 23.1 Å². The quantitative estimate of drug-likeness (QED) is 0.878. The van der Waals surface area contributed by atoms with Gasteiger partial charge in [-0.25, -0.2) is 0 Å². The fourth-order valence-electron chi connectivity index (χ4n) is 1.83. The smallest absolute Gasteiger partial charge is 0.416 e. The van der Waals surface area contributed by atoms with Crippen LogP contribution < -0.4 is 0 Å². The molecule has 0 heterocycles. The summed E-state index contributed by atoms with van der Waals surface area (Å²) < 4.78 is 38.4. The zero-order valence-electron chi connectivity index (χ0n) is 11.0. The van der Waals surface area contributed by atoms with Gasteiger partial charge in [-0.1, -0.05) is 22.9 Å². The Balaban J connectivity index is 2.82. The lowest BCUT2D eigenvalue weighted by molar-refractivity contribution is -0.141. The van der Waals surface area contributed by atoms with Crippen molar-refractivity contribution in [2.75, 3.05) is 13.6 Å². The molecule has 3 nitrogen and oxygen atoms in total. The molecule has 0 fully saturated rings. The Labute approximate surface area is 123 Å². The Morgan fingerprint density at radius 2 is 2.00 bits per heavy atom. The Bertz CT molecular complexity index is 491. The molecule has 7 heteroatoms. The number of carboxylic acids is 1. The second-order valence-electron chi connectivity index (χ2n) is 4.78. The van der Waals surface area contributed by atoms with Crippen molar-refractivity contribution in [3.8, 4) is 0 Å². The van der Waals surface area contributed by atoms with E-state index in [1.807, 2.05) is 0 Å². The molecule has 0 saturated heterocycles. The Morgan fingerprint density at radius 1 is 1.40 bits per heavy atom. The van der Waals surface area contributed by atoms with Gasteiger partial charge in [0.15, 0.2) is 0 Å². The number of halogens is 4. The van der Waals surface area contributed by atoms with Gasteiger partial charge in [0.2, 0.25) is 0 Å². The number of nitrogens with zero attached hydrogens (tertiary/aromatic N) is 1. The van der Waals surface area contributed by atoms with Gasteiger partial charge < -0.3 is 10.0 Å². The molecule has 0 amide bonds. The lowest BCUT2D eigenvalue weighted by atomic mass is 10.1. The Morgan fingerprint density at radius 3 is 2.50 bits per heavy atom. The maximum Gasteiger partial charge on any atom is 0.416 e. The predicted octanol–water partition coefficient (Wildman–Crippen LogP) is 3.62. The van der Waals surface area contributed by atoms with Crippen molar-refractivity contribution in [2.45, 2.75) is 19.6 Å². The summed E-state index contributed by atoms with van der Waals surface area (Å²) in [6, 6.07) is 3.69. The molecule has 1 rings (SSSR count). The predicted molar refractivity (Wildman–Crippen MR) is 72.3 cm³/mol. The average molecular weight is 354 g/mol. The molecule has 1 atom stereocenters. The number of aliphatic carboxylic acids is 1. The number of alkyl halides is 3. The SMILES string of the molecule is CC(CN(C)Cc1cc(Br)cc(C(F)(F)F)c1)C(=O)O. The highest BCUT2D eigenvalue weighted by atomic mass is 79.9. The minimum atomic E-state index is -4.40. The maximum atomic E-state index is 12.7. The van der Waals surface area contributed by atoms with Crippen LogP contribution >= 0.6 is 15.9 Å². The van der Waals surface area contributed by atoms with E-state index in [1.54, 1.807) is 24.9 Å². The van der Waals surface area contributed by atoms with E-state index in [0.29, 0.717) is 10.0 Å². The summed E-state index contributed by atoms with van der Waals surface area (Å²) in [6.45, 7) is 2.07. The second-order valence-corrected chi connectivity index (χ2v) is 5.70. The first-order valence-electron chi connectivity index (χ1n) is 5.87. The minimum Gasteiger partial charge on any atom is -0.481 e. The molecule has 1 N–H and O–H groups in total. The van der Waals surface area contributed by atoms with Crippen molar-refractivity contribution in [1.29, 1.82) is 0 Å². The second kappa shape index (κ2) is 6.58. The molecule has 0 aliphatic rings. The highest BCUT2D eigenvalue weighted by Crippen LogP contribution is 2.32. The zero-order chi connectivity index (χ0) is 15.5. The van der Waals surface area contributed by atoms with E-state index in [9.17, 15) is 18.0 Å². The van der Waals surface area contributed by atoms with Crippen molar-refractivity contribution in [3.63, 3.8) is 0 Å². The van der Waals surface area contributed by atoms with Crippen LogP contribution in [0.15, 0.2) is 22.7 Å². The van der Waals surface area contributed by atoms with Crippen LogP contribution in [0.3, 0.4) is 0 Å². The molecule has 1 aromatic rings. The Kier molecular flexibility index (Phi) is 5.59. The third kappa shape index (κ3) is 5.13. The highest BCUT2D eigenvalue weighted by Gasteiger charge is 2.31. The van der Waals surface area contributed by atoms with Gasteiger partial charge in [-0.15, -0.1) is 0 Å². The van der Waals surface area contributed by atoms with Crippen LogP contribution in [0.4, 0.5) is 13.2 Å². The van der Waals surface area contributed by atoms with Gasteiger partial charge >= 0.3 is 12.1 Å². The molecule has 0 spiro atoms. The van der Waals surface area contributed by atoms with Crippen LogP contribution in [0.1, 0.15) is 18.1 Å².